The number of aryl methyl sites for hydroxylation is 1. The van der Waals surface area contributed by atoms with E-state index in [1.165, 1.54) is 0 Å². The normalized spacial score (nSPS) is 10.6. The molecule has 0 N–H and O–H groups in total. The summed E-state index contributed by atoms with van der Waals surface area (Å²) in [5, 5.41) is 0. The highest BCUT2D eigenvalue weighted by Gasteiger charge is 2.12. The number of carbonyl (C=O) groups is 1. The second kappa shape index (κ2) is 12.4. The van der Waals surface area contributed by atoms with E-state index in [9.17, 15) is 4.79 Å². The molecule has 0 aliphatic heterocycles. The first-order valence-electron chi connectivity index (χ1n) is 11.1. The Morgan fingerprint density at radius 3 is 2.16 bits per heavy atom. The van der Waals surface area contributed by atoms with Crippen LogP contribution in [0.15, 0.2) is 67.0 Å². The molecule has 32 heavy (non-hydrogen) atoms. The van der Waals surface area contributed by atoms with E-state index in [4.69, 9.17) is 9.47 Å². The molecule has 2 heterocycles. The zero-order chi connectivity index (χ0) is 22.6. The fraction of sp³-hybridized carbons (Fsp3) is 0.346. The smallest absolute Gasteiger partial charge is 0.222 e. The van der Waals surface area contributed by atoms with Crippen molar-refractivity contribution in [3.63, 3.8) is 0 Å². The van der Waals surface area contributed by atoms with E-state index in [0.29, 0.717) is 37.6 Å². The molecule has 168 valence electrons. The molecule has 0 bridgehead atoms. The summed E-state index contributed by atoms with van der Waals surface area (Å²) in [6.07, 6.45) is 6.71. The van der Waals surface area contributed by atoms with Crippen LogP contribution < -0.4 is 9.47 Å². The molecule has 0 spiro atoms. The van der Waals surface area contributed by atoms with Crippen LogP contribution in [0.1, 0.15) is 43.1 Å². The molecule has 0 aliphatic carbocycles. The fourth-order valence-corrected chi connectivity index (χ4v) is 3.17. The Kier molecular flexibility index (Phi) is 9.05. The summed E-state index contributed by atoms with van der Waals surface area (Å²) in [6, 6.07) is 17.3. The summed E-state index contributed by atoms with van der Waals surface area (Å²) in [5.41, 5.74) is 2.71. The van der Waals surface area contributed by atoms with Crippen molar-refractivity contribution in [2.45, 2.75) is 45.8 Å². The van der Waals surface area contributed by atoms with Gasteiger partial charge in [0.15, 0.2) is 11.5 Å². The Morgan fingerprint density at radius 2 is 1.56 bits per heavy atom. The molecule has 3 aromatic rings. The first-order chi connectivity index (χ1) is 15.7. The molecule has 0 saturated heterocycles. The van der Waals surface area contributed by atoms with E-state index in [1.807, 2.05) is 66.5 Å². The van der Waals surface area contributed by atoms with Crippen molar-refractivity contribution in [2.75, 3.05) is 13.6 Å². The van der Waals surface area contributed by atoms with Crippen LogP contribution in [0.4, 0.5) is 0 Å². The summed E-state index contributed by atoms with van der Waals surface area (Å²) >= 11 is 0. The van der Waals surface area contributed by atoms with Crippen LogP contribution in [0.25, 0.3) is 0 Å². The van der Waals surface area contributed by atoms with Crippen LogP contribution in [0, 0.1) is 0 Å². The lowest BCUT2D eigenvalue weighted by Crippen LogP contribution is -2.27. The molecule has 0 fully saturated rings. The van der Waals surface area contributed by atoms with Crippen molar-refractivity contribution in [3.05, 3.63) is 83.9 Å². The van der Waals surface area contributed by atoms with E-state index in [-0.39, 0.29) is 5.91 Å². The quantitative estimate of drug-likeness (QED) is 0.409. The Hall–Kier alpha value is -3.41. The predicted molar refractivity (Wildman–Crippen MR) is 124 cm³/mol. The minimum Gasteiger partial charge on any atom is -0.483 e. The summed E-state index contributed by atoms with van der Waals surface area (Å²) in [7, 11) is 1.87. The summed E-state index contributed by atoms with van der Waals surface area (Å²) in [5.74, 6) is 1.43. The van der Waals surface area contributed by atoms with Gasteiger partial charge in [-0.15, -0.1) is 0 Å². The predicted octanol–water partition coefficient (Wildman–Crippen LogP) is 4.83. The fourth-order valence-electron chi connectivity index (χ4n) is 3.17. The number of hydrogen-bond donors (Lipinski definition) is 0. The molecule has 0 aliphatic rings. The third kappa shape index (κ3) is 7.38. The Labute approximate surface area is 190 Å². The van der Waals surface area contributed by atoms with Crippen molar-refractivity contribution in [1.29, 1.82) is 0 Å². The van der Waals surface area contributed by atoms with Crippen LogP contribution in [0.2, 0.25) is 0 Å². The van der Waals surface area contributed by atoms with Crippen LogP contribution >= 0.6 is 0 Å². The molecule has 3 rings (SSSR count). The Bertz CT molecular complexity index is 965. The lowest BCUT2D eigenvalue weighted by molar-refractivity contribution is -0.129. The summed E-state index contributed by atoms with van der Waals surface area (Å²) in [6.45, 7) is 3.61. The maximum Gasteiger partial charge on any atom is 0.222 e. The van der Waals surface area contributed by atoms with Crippen LogP contribution in [-0.4, -0.2) is 34.4 Å². The van der Waals surface area contributed by atoms with Gasteiger partial charge in [-0.05, 0) is 54.8 Å². The van der Waals surface area contributed by atoms with E-state index >= 15 is 0 Å². The van der Waals surface area contributed by atoms with Crippen molar-refractivity contribution in [2.24, 2.45) is 0 Å². The molecule has 1 amide bonds. The minimum atomic E-state index is 0.157. The van der Waals surface area contributed by atoms with Crippen molar-refractivity contribution in [3.8, 4) is 11.5 Å². The van der Waals surface area contributed by atoms with Crippen molar-refractivity contribution < 1.29 is 14.3 Å². The number of ether oxygens (including phenoxy) is 2. The number of nitrogens with zero attached hydrogens (tertiary/aromatic N) is 3. The topological polar surface area (TPSA) is 64.6 Å². The molecule has 0 atom stereocenters. The van der Waals surface area contributed by atoms with Gasteiger partial charge in [0.1, 0.15) is 13.2 Å². The number of hydrogen-bond acceptors (Lipinski definition) is 5. The highest BCUT2D eigenvalue weighted by Crippen LogP contribution is 2.30. The third-order valence-electron chi connectivity index (χ3n) is 5.11. The van der Waals surface area contributed by atoms with Gasteiger partial charge in [0.05, 0.1) is 11.4 Å². The number of benzene rings is 1. The average molecular weight is 434 g/mol. The summed E-state index contributed by atoms with van der Waals surface area (Å²) < 4.78 is 12.0. The SMILES string of the molecule is CCCCN(C)C(=O)CCc1ccc(OCc2ccccn2)c(OCc2ccccn2)c1. The first kappa shape index (κ1) is 23.3. The zero-order valence-electron chi connectivity index (χ0n) is 18.9. The summed E-state index contributed by atoms with van der Waals surface area (Å²) in [4.78, 5) is 22.8. The van der Waals surface area contributed by atoms with Crippen LogP contribution in [-0.2, 0) is 24.4 Å². The number of carbonyl (C=O) groups excluding carboxylic acids is 1. The van der Waals surface area contributed by atoms with Gasteiger partial charge >= 0.3 is 0 Å². The Morgan fingerprint density at radius 1 is 0.906 bits per heavy atom. The van der Waals surface area contributed by atoms with Gasteiger partial charge in [-0.3, -0.25) is 14.8 Å². The van der Waals surface area contributed by atoms with Gasteiger partial charge in [-0.1, -0.05) is 31.5 Å². The molecule has 6 heteroatoms. The third-order valence-corrected chi connectivity index (χ3v) is 5.11. The van der Waals surface area contributed by atoms with Gasteiger partial charge in [0, 0.05) is 32.4 Å². The molecule has 6 nitrogen and oxygen atoms in total. The van der Waals surface area contributed by atoms with Gasteiger partial charge in [0.25, 0.3) is 0 Å². The van der Waals surface area contributed by atoms with Gasteiger partial charge < -0.3 is 14.4 Å². The molecule has 2 aromatic heterocycles. The number of amides is 1. The number of unbranched alkanes of at least 4 members (excludes halogenated alkanes) is 1. The molecule has 0 radical (unpaired) electrons. The molecular weight excluding hydrogens is 402 g/mol. The van der Waals surface area contributed by atoms with E-state index in [0.717, 1.165) is 36.3 Å². The molecular formula is C26H31N3O3. The number of rotatable bonds is 12. The monoisotopic (exact) mass is 433 g/mol. The first-order valence-corrected chi connectivity index (χ1v) is 11.1. The standard InChI is InChI=1S/C26H31N3O3/c1-3-4-17-29(2)26(30)14-12-21-11-13-24(31-19-22-9-5-7-15-27-22)25(18-21)32-20-23-10-6-8-16-28-23/h5-11,13,15-16,18H,3-4,12,14,17,19-20H2,1-2H3. The van der Waals surface area contributed by atoms with Gasteiger partial charge in [-0.2, -0.15) is 0 Å². The van der Waals surface area contributed by atoms with Gasteiger partial charge in [-0.25, -0.2) is 0 Å². The zero-order valence-corrected chi connectivity index (χ0v) is 18.9. The molecule has 0 saturated carbocycles. The number of pyridine rings is 2. The maximum absolute atomic E-state index is 12.4. The van der Waals surface area contributed by atoms with Crippen molar-refractivity contribution in [1.82, 2.24) is 14.9 Å². The average Bonchev–Trinajstić information content (AvgIpc) is 2.85. The Balaban J connectivity index is 1.67. The van der Waals surface area contributed by atoms with Crippen molar-refractivity contribution >= 4 is 5.91 Å². The second-order valence-electron chi connectivity index (χ2n) is 7.67. The lowest BCUT2D eigenvalue weighted by Gasteiger charge is -2.17. The largest absolute Gasteiger partial charge is 0.483 e. The maximum atomic E-state index is 12.4. The molecule has 0 unspecified atom stereocenters. The van der Waals surface area contributed by atoms with E-state index < -0.39 is 0 Å². The lowest BCUT2D eigenvalue weighted by atomic mass is 10.1. The van der Waals surface area contributed by atoms with E-state index in [1.54, 1.807) is 12.4 Å². The van der Waals surface area contributed by atoms with Gasteiger partial charge in [0.2, 0.25) is 5.91 Å². The van der Waals surface area contributed by atoms with Crippen LogP contribution in [0.5, 0.6) is 11.5 Å². The second-order valence-corrected chi connectivity index (χ2v) is 7.67. The molecule has 1 aromatic carbocycles. The van der Waals surface area contributed by atoms with Crippen LogP contribution in [0.3, 0.4) is 0 Å². The highest BCUT2D eigenvalue weighted by molar-refractivity contribution is 5.76. The highest BCUT2D eigenvalue weighted by atomic mass is 16.5. The minimum absolute atomic E-state index is 0.157. The number of aromatic nitrogens is 2. The van der Waals surface area contributed by atoms with E-state index in [2.05, 4.69) is 16.9 Å².